The van der Waals surface area contributed by atoms with Crippen molar-refractivity contribution in [3.05, 3.63) is 64.7 Å². The summed E-state index contributed by atoms with van der Waals surface area (Å²) in [5.74, 6) is 2.35. The third-order valence-electron chi connectivity index (χ3n) is 7.27. The van der Waals surface area contributed by atoms with Crippen molar-refractivity contribution in [2.45, 2.75) is 104 Å². The van der Waals surface area contributed by atoms with E-state index in [1.807, 2.05) is 42.1 Å². The maximum Gasteiger partial charge on any atom is 0.228 e. The molecule has 5 nitrogen and oxygen atoms in total. The number of nitrogens with zero attached hydrogens (tertiary/aromatic N) is 1. The molecule has 1 aliphatic rings. The number of methoxy groups -OCH3 is 1. The van der Waals surface area contributed by atoms with Crippen molar-refractivity contribution < 1.29 is 14.3 Å². The molecule has 228 valence electrons. The normalized spacial score (nSPS) is 12.6. The van der Waals surface area contributed by atoms with Gasteiger partial charge in [0.15, 0.2) is 11.5 Å². The molecule has 0 spiro atoms. The van der Waals surface area contributed by atoms with Crippen LogP contribution in [0, 0.1) is 0 Å². The minimum Gasteiger partial charge on any atom is -0.493 e. The van der Waals surface area contributed by atoms with E-state index in [0.29, 0.717) is 12.4 Å². The number of allylic oxidation sites excluding steroid dienone is 1. The van der Waals surface area contributed by atoms with Gasteiger partial charge in [-0.05, 0) is 53.6 Å². The summed E-state index contributed by atoms with van der Waals surface area (Å²) < 4.78 is 11.6. The lowest BCUT2D eigenvalue weighted by atomic mass is 10.1. The van der Waals surface area contributed by atoms with Gasteiger partial charge in [0.05, 0.1) is 26.0 Å². The van der Waals surface area contributed by atoms with E-state index in [0.717, 1.165) is 35.8 Å². The Kier molecular flexibility index (Phi) is 17.7. The lowest BCUT2D eigenvalue weighted by Gasteiger charge is -2.15. The summed E-state index contributed by atoms with van der Waals surface area (Å²) >= 11 is 1.85. The topological polar surface area (TPSA) is 50.8 Å². The van der Waals surface area contributed by atoms with Gasteiger partial charge < -0.3 is 19.7 Å². The number of benzene rings is 2. The van der Waals surface area contributed by atoms with Gasteiger partial charge in [-0.2, -0.15) is 0 Å². The molecule has 1 amide bonds. The highest BCUT2D eigenvalue weighted by Gasteiger charge is 2.12. The molecule has 1 N–H and O–H groups in total. The summed E-state index contributed by atoms with van der Waals surface area (Å²) in [5.41, 5.74) is 2.91. The second kappa shape index (κ2) is 20.7. The van der Waals surface area contributed by atoms with Crippen LogP contribution in [0.2, 0.25) is 0 Å². The molecule has 0 aliphatic carbocycles. The second-order valence-electron chi connectivity index (χ2n) is 10.9. The number of amides is 1. The van der Waals surface area contributed by atoms with E-state index in [1.54, 1.807) is 7.11 Å². The van der Waals surface area contributed by atoms with Crippen LogP contribution in [0.3, 0.4) is 0 Å². The van der Waals surface area contributed by atoms with Gasteiger partial charge in [-0.1, -0.05) is 95.8 Å². The van der Waals surface area contributed by atoms with E-state index < -0.39 is 0 Å². The maximum absolute atomic E-state index is 12.8. The Hall–Kier alpha value is -2.12. The highest BCUT2D eigenvalue weighted by Crippen LogP contribution is 2.29. The fourth-order valence-electron chi connectivity index (χ4n) is 5.05. The van der Waals surface area contributed by atoms with Gasteiger partial charge in [-0.15, -0.1) is 28.7 Å². The lowest BCUT2D eigenvalue weighted by molar-refractivity contribution is -0.115. The van der Waals surface area contributed by atoms with Crippen molar-refractivity contribution in [1.29, 1.82) is 0 Å². The average Bonchev–Trinajstić information content (AvgIpc) is 3.36. The second-order valence-corrected chi connectivity index (χ2v) is 12.1. The summed E-state index contributed by atoms with van der Waals surface area (Å²) in [6.45, 7) is 5.94. The molecular formula is C34H51BrN2O3S. The SMILES string of the molecule is Br.CCCCCCCCCCCCCCOc1ccc(CC(=O)Nc2cccc(CN3C=C(C)SC3)c2)cc1OC. The number of carbonyl (C=O) groups excluding carboxylic acids is 1. The molecule has 2 aromatic rings. The quantitative estimate of drug-likeness (QED) is 0.145. The summed E-state index contributed by atoms with van der Waals surface area (Å²) in [6.07, 6.45) is 18.4. The van der Waals surface area contributed by atoms with E-state index in [2.05, 4.69) is 42.4 Å². The van der Waals surface area contributed by atoms with Crippen LogP contribution in [0.5, 0.6) is 11.5 Å². The number of thioether (sulfide) groups is 1. The van der Waals surface area contributed by atoms with Gasteiger partial charge in [0.25, 0.3) is 0 Å². The number of hydrogen-bond donors (Lipinski definition) is 1. The molecule has 0 unspecified atom stereocenters. The molecule has 2 aromatic carbocycles. The van der Waals surface area contributed by atoms with Gasteiger partial charge in [-0.25, -0.2) is 0 Å². The smallest absolute Gasteiger partial charge is 0.228 e. The Morgan fingerprint density at radius 1 is 0.878 bits per heavy atom. The number of halogens is 1. The van der Waals surface area contributed by atoms with Crippen LogP contribution in [0.1, 0.15) is 102 Å². The van der Waals surface area contributed by atoms with Crippen LogP contribution in [0.25, 0.3) is 0 Å². The molecule has 0 saturated carbocycles. The predicted molar refractivity (Wildman–Crippen MR) is 180 cm³/mol. The Morgan fingerprint density at radius 2 is 1.56 bits per heavy atom. The summed E-state index contributed by atoms with van der Waals surface area (Å²) in [4.78, 5) is 16.4. The minimum atomic E-state index is -0.0446. The van der Waals surface area contributed by atoms with Crippen molar-refractivity contribution in [3.63, 3.8) is 0 Å². The minimum absolute atomic E-state index is 0. The molecule has 1 heterocycles. The van der Waals surface area contributed by atoms with E-state index in [4.69, 9.17) is 9.47 Å². The zero-order valence-electron chi connectivity index (χ0n) is 25.4. The molecule has 7 heteroatoms. The Balaban J connectivity index is 0.00000588. The highest BCUT2D eigenvalue weighted by molar-refractivity contribution is 8.93. The number of hydrogen-bond acceptors (Lipinski definition) is 5. The predicted octanol–water partition coefficient (Wildman–Crippen LogP) is 9.90. The van der Waals surface area contributed by atoms with Crippen LogP contribution >= 0.6 is 28.7 Å². The highest BCUT2D eigenvalue weighted by atomic mass is 79.9. The van der Waals surface area contributed by atoms with Crippen molar-refractivity contribution in [1.82, 2.24) is 4.90 Å². The van der Waals surface area contributed by atoms with Crippen molar-refractivity contribution in [2.24, 2.45) is 0 Å². The lowest BCUT2D eigenvalue weighted by Crippen LogP contribution is -2.15. The van der Waals surface area contributed by atoms with Crippen LogP contribution in [0.4, 0.5) is 5.69 Å². The van der Waals surface area contributed by atoms with Crippen LogP contribution < -0.4 is 14.8 Å². The maximum atomic E-state index is 12.8. The van der Waals surface area contributed by atoms with E-state index in [9.17, 15) is 4.79 Å². The number of carbonyl (C=O) groups is 1. The number of nitrogens with one attached hydrogen (secondary N) is 1. The zero-order valence-corrected chi connectivity index (χ0v) is 28.0. The third-order valence-corrected chi connectivity index (χ3v) is 8.29. The van der Waals surface area contributed by atoms with E-state index in [1.165, 1.54) is 81.1 Å². The molecule has 0 atom stereocenters. The first kappa shape index (κ1) is 35.1. The van der Waals surface area contributed by atoms with Gasteiger partial charge in [0.2, 0.25) is 5.91 Å². The molecule has 1 aliphatic heterocycles. The Morgan fingerprint density at radius 3 is 2.20 bits per heavy atom. The fraction of sp³-hybridized carbons (Fsp3) is 0.559. The molecular weight excluding hydrogens is 596 g/mol. The molecule has 41 heavy (non-hydrogen) atoms. The number of rotatable bonds is 20. The molecule has 0 bridgehead atoms. The van der Waals surface area contributed by atoms with Gasteiger partial charge in [0, 0.05) is 18.4 Å². The molecule has 0 saturated heterocycles. The van der Waals surface area contributed by atoms with E-state index >= 15 is 0 Å². The fourth-order valence-corrected chi connectivity index (χ4v) is 5.81. The Labute approximate surface area is 263 Å². The summed E-state index contributed by atoms with van der Waals surface area (Å²) in [5, 5.41) is 3.05. The average molecular weight is 648 g/mol. The first-order valence-corrected chi connectivity index (χ1v) is 16.3. The molecule has 3 rings (SSSR count). The molecule has 0 aromatic heterocycles. The first-order chi connectivity index (χ1) is 19.6. The number of anilines is 1. The molecule has 0 fully saturated rings. The standard InChI is InChI=1S/C34H50N2O3S.BrH/c1-4-5-6-7-8-9-10-11-12-13-14-15-21-39-32-20-19-29(23-33(32)38-3)24-34(37)35-31-18-16-17-30(22-31)26-36-25-28(2)40-27-36;/h16-20,22-23,25H,4-15,21,24,26-27H2,1-3H3,(H,35,37);1H. The third kappa shape index (κ3) is 14.1. The zero-order chi connectivity index (χ0) is 28.4. The van der Waals surface area contributed by atoms with Crippen molar-refractivity contribution >= 4 is 40.3 Å². The number of ether oxygens (including phenoxy) is 2. The van der Waals surface area contributed by atoms with Gasteiger partial charge in [-0.3, -0.25) is 4.79 Å². The van der Waals surface area contributed by atoms with Crippen LogP contribution in [-0.2, 0) is 17.8 Å². The monoisotopic (exact) mass is 646 g/mol. The number of unbranched alkanes of at least 4 members (excludes halogenated alkanes) is 11. The van der Waals surface area contributed by atoms with Crippen LogP contribution in [-0.4, -0.2) is 30.4 Å². The summed E-state index contributed by atoms with van der Waals surface area (Å²) in [7, 11) is 1.65. The van der Waals surface area contributed by atoms with Crippen molar-refractivity contribution in [2.75, 3.05) is 24.9 Å². The van der Waals surface area contributed by atoms with Crippen LogP contribution in [0.15, 0.2) is 53.6 Å². The van der Waals surface area contributed by atoms with E-state index in [-0.39, 0.29) is 29.3 Å². The first-order valence-electron chi connectivity index (χ1n) is 15.3. The van der Waals surface area contributed by atoms with Crippen molar-refractivity contribution in [3.8, 4) is 11.5 Å². The van der Waals surface area contributed by atoms with Gasteiger partial charge >= 0.3 is 0 Å². The molecule has 0 radical (unpaired) electrons. The largest absolute Gasteiger partial charge is 0.493 e. The summed E-state index contributed by atoms with van der Waals surface area (Å²) in [6, 6.07) is 13.9. The Bertz CT molecular complexity index is 1060. The van der Waals surface area contributed by atoms with Gasteiger partial charge in [0.1, 0.15) is 0 Å².